The molecule has 3 N–H and O–H groups in total. The molecule has 1 aromatic carbocycles. The maximum absolute atomic E-state index is 12.2. The van der Waals surface area contributed by atoms with Gasteiger partial charge in [0.1, 0.15) is 5.69 Å². The fraction of sp³-hybridized carbons (Fsp3) is 0. The zero-order valence-corrected chi connectivity index (χ0v) is 13.2. The van der Waals surface area contributed by atoms with Gasteiger partial charge in [-0.15, -0.1) is 0 Å². The Hall–Kier alpha value is -3.74. The Morgan fingerprint density at radius 2 is 1.96 bits per heavy atom. The van der Waals surface area contributed by atoms with Crippen LogP contribution in [0.4, 0.5) is 5.69 Å². The Kier molecular flexibility index (Phi) is 4.66. The van der Waals surface area contributed by atoms with E-state index < -0.39 is 5.91 Å². The smallest absolute Gasteiger partial charge is 0.269 e. The first-order chi connectivity index (χ1) is 12.1. The molecule has 7 heteroatoms. The highest BCUT2D eigenvalue weighted by molar-refractivity contribution is 6.03. The molecule has 0 aliphatic heterocycles. The third kappa shape index (κ3) is 3.97. The summed E-state index contributed by atoms with van der Waals surface area (Å²) in [7, 11) is 0. The molecule has 7 nitrogen and oxygen atoms in total. The van der Waals surface area contributed by atoms with E-state index in [0.29, 0.717) is 11.4 Å². The van der Waals surface area contributed by atoms with E-state index in [0.717, 1.165) is 5.56 Å². The summed E-state index contributed by atoms with van der Waals surface area (Å²) in [4.78, 5) is 27.3. The van der Waals surface area contributed by atoms with E-state index in [1.165, 1.54) is 16.8 Å². The minimum atomic E-state index is -0.611. The molecule has 0 aliphatic rings. The molecule has 0 bridgehead atoms. The van der Waals surface area contributed by atoms with Crippen molar-refractivity contribution in [1.82, 2.24) is 14.8 Å². The molecule has 0 spiro atoms. The van der Waals surface area contributed by atoms with Crippen molar-refractivity contribution in [3.63, 3.8) is 0 Å². The number of carbonyl (C=O) groups excluding carboxylic acids is 2. The largest absolute Gasteiger partial charge is 0.364 e. The first-order valence-corrected chi connectivity index (χ1v) is 7.47. The molecular weight excluding hydrogens is 318 g/mol. The summed E-state index contributed by atoms with van der Waals surface area (Å²) >= 11 is 0. The summed E-state index contributed by atoms with van der Waals surface area (Å²) in [5, 5.41) is 6.90. The lowest BCUT2D eigenvalue weighted by atomic mass is 10.2. The number of amides is 2. The lowest BCUT2D eigenvalue weighted by Crippen LogP contribution is -2.13. The lowest BCUT2D eigenvalue weighted by molar-refractivity contribution is -0.111. The molecule has 25 heavy (non-hydrogen) atoms. The Morgan fingerprint density at radius 3 is 2.68 bits per heavy atom. The van der Waals surface area contributed by atoms with Crippen molar-refractivity contribution in [1.29, 1.82) is 0 Å². The topological polar surface area (TPSA) is 103 Å². The average Bonchev–Trinajstić information content (AvgIpc) is 3.12. The van der Waals surface area contributed by atoms with Gasteiger partial charge in [0, 0.05) is 24.7 Å². The number of hydrogen-bond acceptors (Lipinski definition) is 4. The number of hydrogen-bond donors (Lipinski definition) is 2. The molecule has 2 amide bonds. The average molecular weight is 333 g/mol. The monoisotopic (exact) mass is 333 g/mol. The summed E-state index contributed by atoms with van der Waals surface area (Å²) in [6.07, 6.45) is 8.03. The van der Waals surface area contributed by atoms with Crippen LogP contribution >= 0.6 is 0 Å². The first-order valence-electron chi connectivity index (χ1n) is 7.47. The molecule has 0 unspecified atom stereocenters. The Morgan fingerprint density at radius 1 is 1.12 bits per heavy atom. The van der Waals surface area contributed by atoms with Crippen molar-refractivity contribution in [2.24, 2.45) is 5.73 Å². The highest BCUT2D eigenvalue weighted by Gasteiger charge is 2.10. The molecule has 0 saturated heterocycles. The summed E-state index contributed by atoms with van der Waals surface area (Å²) in [6.45, 7) is 0. The van der Waals surface area contributed by atoms with Gasteiger partial charge in [-0.1, -0.05) is 18.2 Å². The van der Waals surface area contributed by atoms with Crippen LogP contribution in [0.5, 0.6) is 0 Å². The van der Waals surface area contributed by atoms with Gasteiger partial charge in [-0.3, -0.25) is 14.6 Å². The van der Waals surface area contributed by atoms with Crippen molar-refractivity contribution in [3.05, 3.63) is 78.4 Å². The molecule has 0 radical (unpaired) electrons. The first kappa shape index (κ1) is 16.1. The summed E-state index contributed by atoms with van der Waals surface area (Å²) in [5.41, 5.74) is 7.37. The van der Waals surface area contributed by atoms with Crippen LogP contribution < -0.4 is 11.1 Å². The van der Waals surface area contributed by atoms with E-state index in [2.05, 4.69) is 15.4 Å². The predicted molar refractivity (Wildman–Crippen MR) is 94.0 cm³/mol. The van der Waals surface area contributed by atoms with Crippen LogP contribution in [0, 0.1) is 0 Å². The number of para-hydroxylation sites is 2. The van der Waals surface area contributed by atoms with Crippen LogP contribution in [-0.2, 0) is 4.79 Å². The van der Waals surface area contributed by atoms with Gasteiger partial charge in [0.2, 0.25) is 5.91 Å². The van der Waals surface area contributed by atoms with E-state index in [4.69, 9.17) is 5.73 Å². The van der Waals surface area contributed by atoms with E-state index in [9.17, 15) is 9.59 Å². The van der Waals surface area contributed by atoms with Gasteiger partial charge in [0.15, 0.2) is 0 Å². The third-order valence-corrected chi connectivity index (χ3v) is 3.36. The van der Waals surface area contributed by atoms with E-state index >= 15 is 0 Å². The molecule has 124 valence electrons. The Bertz CT molecular complexity index is 931. The standard InChI is InChI=1S/C18H15N5O2/c19-18(25)15-9-11-23(22-15)16-6-2-1-5-14(16)21-17(24)8-7-13-4-3-10-20-12-13/h1-12H,(H2,19,25)(H,21,24)/b8-7-. The van der Waals surface area contributed by atoms with E-state index in [1.54, 1.807) is 48.9 Å². The van der Waals surface area contributed by atoms with E-state index in [1.807, 2.05) is 12.1 Å². The molecule has 0 fully saturated rings. The number of benzene rings is 1. The molecule has 0 saturated carbocycles. The second kappa shape index (κ2) is 7.22. The van der Waals surface area contributed by atoms with Crippen molar-refractivity contribution >= 4 is 23.6 Å². The molecule has 2 heterocycles. The molecule has 2 aromatic heterocycles. The number of nitrogens with one attached hydrogen (secondary N) is 1. The highest BCUT2D eigenvalue weighted by atomic mass is 16.2. The van der Waals surface area contributed by atoms with Gasteiger partial charge >= 0.3 is 0 Å². The van der Waals surface area contributed by atoms with Crippen LogP contribution in [0.1, 0.15) is 16.1 Å². The van der Waals surface area contributed by atoms with Crippen molar-refractivity contribution in [2.75, 3.05) is 5.32 Å². The number of nitrogens with zero attached hydrogens (tertiary/aromatic N) is 3. The predicted octanol–water partition coefficient (Wildman–Crippen LogP) is 2.02. The normalized spacial score (nSPS) is 10.7. The Balaban J connectivity index is 1.80. The summed E-state index contributed by atoms with van der Waals surface area (Å²) in [6, 6.07) is 12.3. The molecule has 3 aromatic rings. The maximum atomic E-state index is 12.2. The van der Waals surface area contributed by atoms with Gasteiger partial charge in [0.05, 0.1) is 11.4 Å². The van der Waals surface area contributed by atoms with Gasteiger partial charge < -0.3 is 11.1 Å². The minimum Gasteiger partial charge on any atom is -0.364 e. The summed E-state index contributed by atoms with van der Waals surface area (Å²) in [5.74, 6) is -0.904. The molecular formula is C18H15N5O2. The number of anilines is 1. The van der Waals surface area contributed by atoms with Gasteiger partial charge in [-0.05, 0) is 35.9 Å². The van der Waals surface area contributed by atoms with E-state index in [-0.39, 0.29) is 11.6 Å². The Labute approximate surface area is 143 Å². The van der Waals surface area contributed by atoms with Crippen LogP contribution in [0.25, 0.3) is 11.8 Å². The highest BCUT2D eigenvalue weighted by Crippen LogP contribution is 2.19. The number of aromatic nitrogens is 3. The van der Waals surface area contributed by atoms with Crippen LogP contribution in [-0.4, -0.2) is 26.6 Å². The zero-order valence-electron chi connectivity index (χ0n) is 13.2. The van der Waals surface area contributed by atoms with Gasteiger partial charge in [-0.2, -0.15) is 5.10 Å². The zero-order chi connectivity index (χ0) is 17.6. The van der Waals surface area contributed by atoms with Crippen LogP contribution in [0.15, 0.2) is 67.1 Å². The van der Waals surface area contributed by atoms with Gasteiger partial charge in [0.25, 0.3) is 5.91 Å². The fourth-order valence-corrected chi connectivity index (χ4v) is 2.19. The number of carbonyl (C=O) groups is 2. The van der Waals surface area contributed by atoms with Crippen LogP contribution in [0.2, 0.25) is 0 Å². The molecule has 3 rings (SSSR count). The lowest BCUT2D eigenvalue weighted by Gasteiger charge is -2.09. The minimum absolute atomic E-state index is 0.151. The fourth-order valence-electron chi connectivity index (χ4n) is 2.19. The number of nitrogens with two attached hydrogens (primary N) is 1. The SMILES string of the molecule is NC(=O)c1ccn(-c2ccccc2NC(=O)/C=C\c2cccnc2)n1. The number of primary amides is 1. The van der Waals surface area contributed by atoms with Crippen molar-refractivity contribution in [3.8, 4) is 5.69 Å². The number of rotatable bonds is 5. The van der Waals surface area contributed by atoms with Crippen molar-refractivity contribution in [2.45, 2.75) is 0 Å². The van der Waals surface area contributed by atoms with Gasteiger partial charge in [-0.25, -0.2) is 4.68 Å². The van der Waals surface area contributed by atoms with Crippen LogP contribution in [0.3, 0.4) is 0 Å². The molecule has 0 aliphatic carbocycles. The summed E-state index contributed by atoms with van der Waals surface area (Å²) < 4.78 is 1.49. The quantitative estimate of drug-likeness (QED) is 0.697. The number of pyridine rings is 1. The third-order valence-electron chi connectivity index (χ3n) is 3.36. The second-order valence-corrected chi connectivity index (χ2v) is 5.14. The molecule has 0 atom stereocenters. The maximum Gasteiger partial charge on any atom is 0.269 e. The van der Waals surface area contributed by atoms with Crippen molar-refractivity contribution < 1.29 is 9.59 Å². The second-order valence-electron chi connectivity index (χ2n) is 5.14.